The highest BCUT2D eigenvalue weighted by molar-refractivity contribution is 6.13. The summed E-state index contributed by atoms with van der Waals surface area (Å²) in [6.45, 7) is 4.74. The Balaban J connectivity index is 1.25. The zero-order valence-electron chi connectivity index (χ0n) is 24.7. The molecule has 0 spiro atoms. The topological polar surface area (TPSA) is 90.8 Å². The Morgan fingerprint density at radius 2 is 1.98 bits per heavy atom. The van der Waals surface area contributed by atoms with Gasteiger partial charge in [0.2, 0.25) is 5.88 Å². The number of aromatic nitrogens is 2. The molecule has 228 valence electrons. The maximum absolute atomic E-state index is 15.0. The predicted molar refractivity (Wildman–Crippen MR) is 165 cm³/mol. The molecule has 4 saturated heterocycles. The van der Waals surface area contributed by atoms with Crippen LogP contribution < -0.4 is 15.0 Å². The number of phenols is 1. The van der Waals surface area contributed by atoms with Crippen molar-refractivity contribution in [3.05, 3.63) is 54.0 Å². The quantitative estimate of drug-likeness (QED) is 0.285. The molecule has 4 atom stereocenters. The second-order valence-electron chi connectivity index (χ2n) is 13.0. The van der Waals surface area contributed by atoms with Gasteiger partial charge in [0, 0.05) is 61.4 Å². The van der Waals surface area contributed by atoms with Crippen LogP contribution in [0.15, 0.2) is 42.6 Å². The van der Waals surface area contributed by atoms with Crippen LogP contribution in [0.5, 0.6) is 11.6 Å². The average Bonchev–Trinajstić information content (AvgIpc) is 3.65. The van der Waals surface area contributed by atoms with Crippen molar-refractivity contribution in [2.45, 2.75) is 62.8 Å². The molecule has 2 bridgehead atoms. The van der Waals surface area contributed by atoms with E-state index in [0.717, 1.165) is 56.5 Å². The first-order valence-corrected chi connectivity index (χ1v) is 15.6. The summed E-state index contributed by atoms with van der Waals surface area (Å²) in [6.07, 6.45) is 5.53. The second kappa shape index (κ2) is 10.3. The summed E-state index contributed by atoms with van der Waals surface area (Å²) >= 11 is 0. The van der Waals surface area contributed by atoms with Crippen molar-refractivity contribution < 1.29 is 23.4 Å². The number of ether oxygens (including phenoxy) is 1. The van der Waals surface area contributed by atoms with Gasteiger partial charge in [-0.15, -0.1) is 0 Å². The minimum atomic E-state index is -0.844. The van der Waals surface area contributed by atoms with E-state index in [2.05, 4.69) is 15.1 Å². The van der Waals surface area contributed by atoms with Gasteiger partial charge in [0.05, 0.1) is 22.3 Å². The monoisotopic (exact) mass is 599 g/mol. The van der Waals surface area contributed by atoms with Crippen LogP contribution in [0.3, 0.4) is 0 Å². The van der Waals surface area contributed by atoms with Gasteiger partial charge in [-0.2, -0.15) is 0 Å². The standard InChI is InChI=1S/C34H35F2N5O3/c1-19(42)31-27(36)6-3-20-9-25(43)11-26(32(20)31)21-10-28-33(37-14-21)29(40-16-23-4-5-24(17-40)38-23)12-30(39-28)44-18-34-7-2-8-41(34)15-22(35)13-34/h3,6,9-12,14,22-24,38,43H,2,4-5,7-8,13,15-18H2,1H3/t22-,23?,24?,34?/m1/s1. The van der Waals surface area contributed by atoms with Gasteiger partial charge in [-0.1, -0.05) is 6.07 Å². The lowest BCUT2D eigenvalue weighted by Crippen LogP contribution is -2.51. The number of piperazine rings is 1. The molecule has 2 aromatic heterocycles. The van der Waals surface area contributed by atoms with Gasteiger partial charge in [0.15, 0.2) is 5.78 Å². The molecule has 10 heteroatoms. The SMILES string of the molecule is CC(=O)c1c(F)ccc2cc(O)cc(-c3cnc4c(N5CC6CCC(C5)N6)cc(OCC56CCCN5C[C@H](F)C6)nc4c3)c12. The molecule has 4 aliphatic heterocycles. The van der Waals surface area contributed by atoms with E-state index in [1.807, 2.05) is 12.1 Å². The lowest BCUT2D eigenvalue weighted by atomic mass is 9.93. The summed E-state index contributed by atoms with van der Waals surface area (Å²) in [7, 11) is 0. The average molecular weight is 600 g/mol. The molecule has 44 heavy (non-hydrogen) atoms. The third kappa shape index (κ3) is 4.57. The van der Waals surface area contributed by atoms with Crippen LogP contribution in [-0.2, 0) is 0 Å². The summed E-state index contributed by atoms with van der Waals surface area (Å²) in [5.41, 5.74) is 3.00. The van der Waals surface area contributed by atoms with Crippen molar-refractivity contribution in [2.24, 2.45) is 0 Å². The van der Waals surface area contributed by atoms with Gasteiger partial charge < -0.3 is 20.1 Å². The number of anilines is 1. The molecular weight excluding hydrogens is 564 g/mol. The van der Waals surface area contributed by atoms with Crippen LogP contribution >= 0.6 is 0 Å². The van der Waals surface area contributed by atoms with Crippen molar-refractivity contribution in [3.8, 4) is 22.8 Å². The Bertz CT molecular complexity index is 1810. The molecule has 4 fully saturated rings. The number of rotatable bonds is 6. The Labute approximate surface area is 254 Å². The summed E-state index contributed by atoms with van der Waals surface area (Å²) in [6, 6.07) is 10.5. The molecule has 0 aliphatic carbocycles. The lowest BCUT2D eigenvalue weighted by Gasteiger charge is -2.35. The van der Waals surface area contributed by atoms with Crippen molar-refractivity contribution in [1.29, 1.82) is 0 Å². The molecule has 6 heterocycles. The van der Waals surface area contributed by atoms with Crippen molar-refractivity contribution >= 4 is 33.3 Å². The van der Waals surface area contributed by atoms with E-state index >= 15 is 0 Å². The van der Waals surface area contributed by atoms with E-state index in [1.165, 1.54) is 25.1 Å². The van der Waals surface area contributed by atoms with Gasteiger partial charge in [0.25, 0.3) is 0 Å². The lowest BCUT2D eigenvalue weighted by molar-refractivity contribution is 0.101. The smallest absolute Gasteiger partial charge is 0.216 e. The Hall–Kier alpha value is -3.89. The van der Waals surface area contributed by atoms with Crippen LogP contribution in [0.25, 0.3) is 32.9 Å². The normalized spacial score (nSPS) is 26.5. The fraction of sp³-hybridized carbons (Fsp3) is 0.441. The largest absolute Gasteiger partial charge is 0.508 e. The Kier molecular flexibility index (Phi) is 6.50. The van der Waals surface area contributed by atoms with Crippen LogP contribution in [0.4, 0.5) is 14.5 Å². The number of fused-ring (bicyclic) bond motifs is 5. The number of carbonyl (C=O) groups is 1. The number of ketones is 1. The zero-order chi connectivity index (χ0) is 30.2. The van der Waals surface area contributed by atoms with E-state index in [0.29, 0.717) is 65.0 Å². The summed E-state index contributed by atoms with van der Waals surface area (Å²) in [5, 5.41) is 15.2. The molecule has 0 saturated carbocycles. The number of hydrogen-bond acceptors (Lipinski definition) is 8. The van der Waals surface area contributed by atoms with Crippen LogP contribution in [0.1, 0.15) is 49.4 Å². The van der Waals surface area contributed by atoms with E-state index in [-0.39, 0.29) is 16.9 Å². The first-order valence-electron chi connectivity index (χ1n) is 15.6. The van der Waals surface area contributed by atoms with Crippen LogP contribution in [-0.4, -0.2) is 82.3 Å². The predicted octanol–water partition coefficient (Wildman–Crippen LogP) is 5.39. The van der Waals surface area contributed by atoms with Crippen molar-refractivity contribution in [1.82, 2.24) is 20.2 Å². The highest BCUT2D eigenvalue weighted by Crippen LogP contribution is 2.42. The van der Waals surface area contributed by atoms with Crippen molar-refractivity contribution in [2.75, 3.05) is 37.7 Å². The number of benzene rings is 2. The molecule has 8 nitrogen and oxygen atoms in total. The molecule has 2 N–H and O–H groups in total. The Morgan fingerprint density at radius 1 is 1.16 bits per heavy atom. The fourth-order valence-electron chi connectivity index (χ4n) is 8.18. The Morgan fingerprint density at radius 3 is 2.77 bits per heavy atom. The minimum absolute atomic E-state index is 0.00108. The number of aromatic hydroxyl groups is 1. The number of Topliss-reactive ketones (excluding diaryl/α,β-unsaturated/α-hetero) is 1. The maximum atomic E-state index is 15.0. The van der Waals surface area contributed by atoms with E-state index in [9.17, 15) is 18.7 Å². The number of nitrogens with one attached hydrogen (secondary N) is 1. The number of carbonyl (C=O) groups excluding carboxylic acids is 1. The third-order valence-corrected chi connectivity index (χ3v) is 10.1. The highest BCUT2D eigenvalue weighted by atomic mass is 19.1. The summed E-state index contributed by atoms with van der Waals surface area (Å²) in [4.78, 5) is 26.9. The summed E-state index contributed by atoms with van der Waals surface area (Å²) in [5.74, 6) is -0.560. The van der Waals surface area contributed by atoms with E-state index in [4.69, 9.17) is 14.7 Å². The molecule has 8 rings (SSSR count). The number of alkyl halides is 1. The van der Waals surface area contributed by atoms with Gasteiger partial charge in [0.1, 0.15) is 29.9 Å². The first kappa shape index (κ1) is 27.6. The molecule has 4 aliphatic rings. The van der Waals surface area contributed by atoms with Crippen LogP contribution in [0, 0.1) is 5.82 Å². The first-order chi connectivity index (χ1) is 21.3. The van der Waals surface area contributed by atoms with E-state index in [1.54, 1.807) is 12.3 Å². The number of halogens is 2. The van der Waals surface area contributed by atoms with Crippen LogP contribution in [0.2, 0.25) is 0 Å². The molecule has 2 aromatic carbocycles. The molecule has 0 amide bonds. The van der Waals surface area contributed by atoms with Gasteiger partial charge in [-0.3, -0.25) is 14.7 Å². The number of pyridine rings is 2. The minimum Gasteiger partial charge on any atom is -0.508 e. The van der Waals surface area contributed by atoms with Gasteiger partial charge >= 0.3 is 0 Å². The number of hydrogen-bond donors (Lipinski definition) is 2. The van der Waals surface area contributed by atoms with E-state index < -0.39 is 17.8 Å². The van der Waals surface area contributed by atoms with Gasteiger partial charge in [-0.05, 0) is 74.4 Å². The second-order valence-corrected chi connectivity index (χ2v) is 13.0. The highest BCUT2D eigenvalue weighted by Gasteiger charge is 2.49. The molecular formula is C34H35F2N5O3. The maximum Gasteiger partial charge on any atom is 0.216 e. The third-order valence-electron chi connectivity index (χ3n) is 10.1. The van der Waals surface area contributed by atoms with Gasteiger partial charge in [-0.25, -0.2) is 13.8 Å². The summed E-state index contributed by atoms with van der Waals surface area (Å²) < 4.78 is 35.9. The fourth-order valence-corrected chi connectivity index (χ4v) is 8.18. The molecule has 4 aromatic rings. The number of nitrogens with zero attached hydrogens (tertiary/aromatic N) is 4. The zero-order valence-corrected chi connectivity index (χ0v) is 24.7. The van der Waals surface area contributed by atoms with Crippen molar-refractivity contribution in [3.63, 3.8) is 0 Å². The number of phenolic OH excluding ortho intramolecular Hbond substituents is 1. The molecule has 3 unspecified atom stereocenters. The molecule has 0 radical (unpaired) electrons.